The predicted octanol–water partition coefficient (Wildman–Crippen LogP) is 21.5. The highest BCUT2D eigenvalue weighted by molar-refractivity contribution is 7.81. The number of rotatable bonds is 49. The van der Waals surface area contributed by atoms with E-state index in [2.05, 4.69) is 69.3 Å². The number of unbranched alkanes of at least 4 members (excludes halogenated alkanes) is 38. The molecule has 0 atom stereocenters. The summed E-state index contributed by atoms with van der Waals surface area (Å²) in [5.74, 6) is 1.99. The Hall–Kier alpha value is -2.13. The summed E-state index contributed by atoms with van der Waals surface area (Å²) in [4.78, 5) is 0.849. The van der Waals surface area contributed by atoms with Crippen LogP contribution in [0.2, 0.25) is 0 Å². The summed E-state index contributed by atoms with van der Waals surface area (Å²) >= 11 is 5.79. The number of hydrogen-bond donors (Lipinski definition) is 0. The molecule has 0 N–H and O–H groups in total. The van der Waals surface area contributed by atoms with E-state index in [1.807, 2.05) is 6.07 Å². The average molecular weight is 916 g/mol. The zero-order chi connectivity index (χ0) is 46.4. The standard InChI is InChI=1S/C62H106O2S/c1-4-7-9-11-13-15-17-19-21-23-25-27-29-31-33-35-37-39-41-46-53-63-60-55-57(51-52-62(65)58-49-44-43-45-50-58)56-61(59(60)48-6-3)64-54-47-42-40-38-36-34-32-30-28-26-24-22-20-18-16-14-12-10-8-5-2/h43-45,49-52,55-56H,4-42,46-48,53-54H2,1-3H3. The van der Waals surface area contributed by atoms with E-state index in [0.717, 1.165) is 66.4 Å². The van der Waals surface area contributed by atoms with E-state index in [0.29, 0.717) is 0 Å². The summed E-state index contributed by atoms with van der Waals surface area (Å²) in [6.07, 6.45) is 62.3. The van der Waals surface area contributed by atoms with E-state index in [9.17, 15) is 0 Å². The third kappa shape index (κ3) is 34.8. The lowest BCUT2D eigenvalue weighted by molar-refractivity contribution is 0.284. The lowest BCUT2D eigenvalue weighted by atomic mass is 10.0. The molecule has 0 heterocycles. The Labute approximate surface area is 411 Å². The van der Waals surface area contributed by atoms with Crippen molar-refractivity contribution < 1.29 is 9.47 Å². The predicted molar refractivity (Wildman–Crippen MR) is 295 cm³/mol. The van der Waals surface area contributed by atoms with Crippen LogP contribution in [-0.4, -0.2) is 18.1 Å². The van der Waals surface area contributed by atoms with Crippen LogP contribution in [0, 0.1) is 0 Å². The van der Waals surface area contributed by atoms with E-state index in [1.165, 1.54) is 250 Å². The molecule has 65 heavy (non-hydrogen) atoms. The maximum Gasteiger partial charge on any atom is 0.126 e. The van der Waals surface area contributed by atoms with E-state index < -0.39 is 0 Å². The lowest BCUT2D eigenvalue weighted by Crippen LogP contribution is -2.05. The van der Waals surface area contributed by atoms with E-state index in [4.69, 9.17) is 21.7 Å². The molecule has 0 aliphatic rings. The van der Waals surface area contributed by atoms with Crippen LogP contribution in [0.3, 0.4) is 0 Å². The van der Waals surface area contributed by atoms with E-state index in [-0.39, 0.29) is 0 Å². The summed E-state index contributed by atoms with van der Waals surface area (Å²) in [5.41, 5.74) is 3.41. The van der Waals surface area contributed by atoms with Gasteiger partial charge in [-0.25, -0.2) is 0 Å². The number of allylic oxidation sites excluding steroid dienone is 1. The van der Waals surface area contributed by atoms with Crippen LogP contribution in [0.1, 0.15) is 301 Å². The molecule has 0 aliphatic heterocycles. The average Bonchev–Trinajstić information content (AvgIpc) is 3.32. The van der Waals surface area contributed by atoms with Gasteiger partial charge in [0.2, 0.25) is 0 Å². The van der Waals surface area contributed by atoms with Crippen LogP contribution < -0.4 is 9.47 Å². The molecule has 0 aliphatic carbocycles. The minimum Gasteiger partial charge on any atom is -0.493 e. The number of hydrogen-bond acceptors (Lipinski definition) is 3. The Kier molecular flexibility index (Phi) is 41.4. The van der Waals surface area contributed by atoms with Gasteiger partial charge >= 0.3 is 0 Å². The normalized spacial score (nSPS) is 11.6. The monoisotopic (exact) mass is 915 g/mol. The van der Waals surface area contributed by atoms with Gasteiger partial charge in [-0.2, -0.15) is 0 Å². The van der Waals surface area contributed by atoms with Crippen LogP contribution in [0.25, 0.3) is 6.08 Å². The number of thiocarbonyl (C=S) groups is 1. The molecule has 0 saturated heterocycles. The maximum atomic E-state index is 6.60. The second-order valence-electron chi connectivity index (χ2n) is 19.9. The summed E-state index contributed by atoms with van der Waals surface area (Å²) in [5, 5.41) is 0. The molecular formula is C62H106O2S. The second kappa shape index (κ2) is 45.6. The van der Waals surface area contributed by atoms with E-state index in [1.54, 1.807) is 0 Å². The molecule has 0 bridgehead atoms. The van der Waals surface area contributed by atoms with Gasteiger partial charge in [0.25, 0.3) is 0 Å². The van der Waals surface area contributed by atoms with Gasteiger partial charge in [-0.15, -0.1) is 0 Å². The van der Waals surface area contributed by atoms with Crippen molar-refractivity contribution in [2.24, 2.45) is 0 Å². The summed E-state index contributed by atoms with van der Waals surface area (Å²) in [7, 11) is 0. The largest absolute Gasteiger partial charge is 0.493 e. The van der Waals surface area contributed by atoms with Crippen LogP contribution in [0.4, 0.5) is 0 Å². The molecule has 0 spiro atoms. The van der Waals surface area contributed by atoms with Crippen LogP contribution >= 0.6 is 12.2 Å². The van der Waals surface area contributed by atoms with Crippen molar-refractivity contribution in [1.29, 1.82) is 0 Å². The van der Waals surface area contributed by atoms with Gasteiger partial charge in [0.05, 0.1) is 13.2 Å². The van der Waals surface area contributed by atoms with Gasteiger partial charge in [-0.3, -0.25) is 0 Å². The Balaban J connectivity index is 1.64. The molecule has 2 aromatic rings. The topological polar surface area (TPSA) is 18.5 Å². The van der Waals surface area contributed by atoms with Crippen molar-refractivity contribution in [3.05, 3.63) is 65.2 Å². The van der Waals surface area contributed by atoms with Crippen molar-refractivity contribution in [3.63, 3.8) is 0 Å². The van der Waals surface area contributed by atoms with E-state index >= 15 is 0 Å². The highest BCUT2D eigenvalue weighted by Gasteiger charge is 2.13. The third-order valence-corrected chi connectivity index (χ3v) is 14.1. The Morgan fingerprint density at radius 3 is 0.969 bits per heavy atom. The second-order valence-corrected chi connectivity index (χ2v) is 20.4. The molecule has 0 amide bonds. The van der Waals surface area contributed by atoms with Crippen molar-refractivity contribution in [3.8, 4) is 11.5 Å². The van der Waals surface area contributed by atoms with Gasteiger partial charge in [0.1, 0.15) is 11.5 Å². The first-order valence-electron chi connectivity index (χ1n) is 28.9. The first kappa shape index (κ1) is 59.0. The van der Waals surface area contributed by atoms with Crippen LogP contribution in [0.5, 0.6) is 11.5 Å². The Morgan fingerprint density at radius 2 is 0.677 bits per heavy atom. The highest BCUT2D eigenvalue weighted by Crippen LogP contribution is 2.34. The molecule has 372 valence electrons. The quantitative estimate of drug-likeness (QED) is 0.0285. The minimum absolute atomic E-state index is 0.768. The van der Waals surface area contributed by atoms with Crippen molar-refractivity contribution in [2.45, 2.75) is 290 Å². The SMILES string of the molecule is CCCCCCCCCCCCCCCCCCCCCCOc1cc(C=CC(=S)c2ccccc2)cc(OCCCCCCCCCCCCCCCCCCCCCC)c1CCC. The fourth-order valence-corrected chi connectivity index (χ4v) is 9.64. The molecule has 2 aromatic carbocycles. The van der Waals surface area contributed by atoms with Gasteiger partial charge in [0, 0.05) is 10.4 Å². The molecule has 0 radical (unpaired) electrons. The molecule has 0 fully saturated rings. The maximum absolute atomic E-state index is 6.60. The van der Waals surface area contributed by atoms with Gasteiger partial charge < -0.3 is 9.47 Å². The fourth-order valence-electron chi connectivity index (χ4n) is 9.44. The minimum atomic E-state index is 0.768. The lowest BCUT2D eigenvalue weighted by Gasteiger charge is -2.18. The first-order valence-corrected chi connectivity index (χ1v) is 29.3. The molecule has 2 nitrogen and oxygen atoms in total. The molecule has 0 unspecified atom stereocenters. The molecule has 0 aromatic heterocycles. The highest BCUT2D eigenvalue weighted by atomic mass is 32.1. The van der Waals surface area contributed by atoms with Gasteiger partial charge in [-0.1, -0.05) is 320 Å². The molecular weight excluding hydrogens is 809 g/mol. The number of ether oxygens (including phenoxy) is 2. The van der Waals surface area contributed by atoms with Crippen LogP contribution in [-0.2, 0) is 6.42 Å². The van der Waals surface area contributed by atoms with Crippen molar-refractivity contribution >= 4 is 23.2 Å². The molecule has 0 saturated carbocycles. The van der Waals surface area contributed by atoms with Crippen molar-refractivity contribution in [1.82, 2.24) is 0 Å². The van der Waals surface area contributed by atoms with Gasteiger partial charge in [0.15, 0.2) is 0 Å². The Bertz CT molecular complexity index is 1280. The zero-order valence-electron chi connectivity index (χ0n) is 43.5. The first-order chi connectivity index (χ1) is 32.2. The zero-order valence-corrected chi connectivity index (χ0v) is 44.4. The molecule has 2 rings (SSSR count). The third-order valence-electron chi connectivity index (χ3n) is 13.7. The van der Waals surface area contributed by atoms with Crippen LogP contribution in [0.15, 0.2) is 48.5 Å². The Morgan fingerprint density at radius 1 is 0.385 bits per heavy atom. The summed E-state index contributed by atoms with van der Waals surface area (Å²) in [6, 6.07) is 14.7. The smallest absolute Gasteiger partial charge is 0.126 e. The number of benzene rings is 2. The van der Waals surface area contributed by atoms with Gasteiger partial charge in [-0.05, 0) is 48.6 Å². The summed E-state index contributed by atoms with van der Waals surface area (Å²) < 4.78 is 13.2. The molecule has 3 heteroatoms. The summed E-state index contributed by atoms with van der Waals surface area (Å²) in [6.45, 7) is 8.41. The fraction of sp³-hybridized carbons (Fsp3) is 0.758. The van der Waals surface area contributed by atoms with Crippen molar-refractivity contribution in [2.75, 3.05) is 13.2 Å².